The van der Waals surface area contributed by atoms with Crippen LogP contribution in [0.5, 0.6) is 5.75 Å². The zero-order valence-corrected chi connectivity index (χ0v) is 18.3. The number of phenolic OH excluding ortho intramolecular Hbond substituents is 1. The molecular formula is C24H24ClF3NO3+. The third-order valence-corrected chi connectivity index (χ3v) is 6.52. The van der Waals surface area contributed by atoms with Crippen LogP contribution in [0.4, 0.5) is 13.2 Å². The number of likely N-dealkylation sites (tertiary alicyclic amines) is 1. The van der Waals surface area contributed by atoms with Crippen molar-refractivity contribution in [1.82, 2.24) is 0 Å². The van der Waals surface area contributed by atoms with Gasteiger partial charge in [-0.3, -0.25) is 4.79 Å². The van der Waals surface area contributed by atoms with Gasteiger partial charge in [-0.05, 0) is 55.5 Å². The van der Waals surface area contributed by atoms with E-state index in [4.69, 9.17) is 16.0 Å². The lowest BCUT2D eigenvalue weighted by Gasteiger charge is -2.32. The highest BCUT2D eigenvalue weighted by molar-refractivity contribution is 6.30. The van der Waals surface area contributed by atoms with Crippen molar-refractivity contribution in [3.8, 4) is 16.9 Å². The molecule has 2 N–H and O–H groups in total. The van der Waals surface area contributed by atoms with Crippen LogP contribution in [0.15, 0.2) is 45.6 Å². The number of benzene rings is 2. The summed E-state index contributed by atoms with van der Waals surface area (Å²) in [6, 6.07) is 8.71. The van der Waals surface area contributed by atoms with Crippen LogP contribution in [0.25, 0.3) is 22.1 Å². The standard InChI is InChI=1S/C24H23ClF3NO3/c1-2-16-8-3-4-11-29(16)13-18-19(30)10-9-17-21(31)20(14-6-5-7-15(25)12-14)23(24(26,27)28)32-22(17)18/h5-7,9-10,12,16,30H,2-4,8,11,13H2,1H3/p+1/t16-/m1/s1. The Morgan fingerprint density at radius 1 is 1.22 bits per heavy atom. The first-order valence-electron chi connectivity index (χ1n) is 10.7. The van der Waals surface area contributed by atoms with Crippen molar-refractivity contribution in [2.45, 2.75) is 51.4 Å². The van der Waals surface area contributed by atoms with Crippen molar-refractivity contribution in [2.24, 2.45) is 0 Å². The SMILES string of the molecule is CC[C@@H]1CCCC[NH+]1Cc1c(O)ccc2c(=O)c(-c3cccc(Cl)c3)c(C(F)(F)F)oc12. The summed E-state index contributed by atoms with van der Waals surface area (Å²) in [5.74, 6) is -1.55. The van der Waals surface area contributed by atoms with Gasteiger partial charge in [0, 0.05) is 5.02 Å². The Bertz CT molecular complexity index is 1210. The predicted octanol–water partition coefficient (Wildman–Crippen LogP) is 5.19. The molecule has 2 atom stereocenters. The minimum absolute atomic E-state index is 0.00485. The van der Waals surface area contributed by atoms with Crippen molar-refractivity contribution in [1.29, 1.82) is 0 Å². The van der Waals surface area contributed by atoms with Gasteiger partial charge in [0.2, 0.25) is 11.2 Å². The number of phenols is 1. The Morgan fingerprint density at radius 3 is 2.69 bits per heavy atom. The molecule has 2 heterocycles. The summed E-state index contributed by atoms with van der Waals surface area (Å²) >= 11 is 5.96. The van der Waals surface area contributed by atoms with Gasteiger partial charge in [0.15, 0.2) is 5.58 Å². The van der Waals surface area contributed by atoms with Crippen molar-refractivity contribution < 1.29 is 27.6 Å². The topological polar surface area (TPSA) is 54.9 Å². The number of hydrogen-bond donors (Lipinski definition) is 2. The number of rotatable bonds is 4. The van der Waals surface area contributed by atoms with E-state index in [1.54, 1.807) is 0 Å². The van der Waals surface area contributed by atoms with Crippen LogP contribution in [-0.2, 0) is 12.7 Å². The summed E-state index contributed by atoms with van der Waals surface area (Å²) in [5.41, 5.74) is -1.33. The fourth-order valence-electron chi connectivity index (χ4n) is 4.68. The number of piperidine rings is 1. The minimum Gasteiger partial charge on any atom is -0.507 e. The van der Waals surface area contributed by atoms with E-state index in [-0.39, 0.29) is 32.9 Å². The molecule has 2 aromatic carbocycles. The first-order valence-corrected chi connectivity index (χ1v) is 11.1. The van der Waals surface area contributed by atoms with Gasteiger partial charge in [-0.2, -0.15) is 13.2 Å². The van der Waals surface area contributed by atoms with Gasteiger partial charge in [-0.25, -0.2) is 0 Å². The van der Waals surface area contributed by atoms with Gasteiger partial charge < -0.3 is 14.4 Å². The highest BCUT2D eigenvalue weighted by Crippen LogP contribution is 2.39. The lowest BCUT2D eigenvalue weighted by Crippen LogP contribution is -3.15. The molecule has 3 aromatic rings. The van der Waals surface area contributed by atoms with Crippen molar-refractivity contribution in [3.63, 3.8) is 0 Å². The highest BCUT2D eigenvalue weighted by atomic mass is 35.5. The second kappa shape index (κ2) is 8.79. The summed E-state index contributed by atoms with van der Waals surface area (Å²) in [4.78, 5) is 14.5. The average Bonchev–Trinajstić information content (AvgIpc) is 2.75. The van der Waals surface area contributed by atoms with Gasteiger partial charge in [0.25, 0.3) is 0 Å². The predicted molar refractivity (Wildman–Crippen MR) is 117 cm³/mol. The van der Waals surface area contributed by atoms with Crippen LogP contribution in [0.2, 0.25) is 5.02 Å². The van der Waals surface area contributed by atoms with E-state index in [1.165, 1.54) is 41.3 Å². The third-order valence-electron chi connectivity index (χ3n) is 6.28. The molecule has 1 aliphatic rings. The van der Waals surface area contributed by atoms with Gasteiger partial charge in [-0.1, -0.05) is 30.7 Å². The van der Waals surface area contributed by atoms with Gasteiger partial charge in [0.05, 0.1) is 29.1 Å². The van der Waals surface area contributed by atoms with Crippen LogP contribution in [0, 0.1) is 0 Å². The molecule has 0 saturated carbocycles. The number of nitrogens with one attached hydrogen (secondary N) is 1. The maximum atomic E-state index is 14.0. The van der Waals surface area contributed by atoms with Crippen LogP contribution in [0.1, 0.15) is 43.9 Å². The van der Waals surface area contributed by atoms with E-state index < -0.39 is 22.9 Å². The van der Waals surface area contributed by atoms with E-state index in [1.807, 2.05) is 0 Å². The summed E-state index contributed by atoms with van der Waals surface area (Å²) in [5, 5.41) is 10.7. The molecule has 1 aromatic heterocycles. The number of fused-ring (bicyclic) bond motifs is 1. The Kier molecular flexibility index (Phi) is 6.23. The van der Waals surface area contributed by atoms with E-state index in [0.717, 1.165) is 32.2 Å². The number of quaternary nitrogens is 1. The molecule has 1 unspecified atom stereocenters. The first kappa shape index (κ1) is 22.7. The molecule has 4 rings (SSSR count). The number of halogens is 4. The molecule has 0 radical (unpaired) electrons. The molecule has 0 spiro atoms. The lowest BCUT2D eigenvalue weighted by molar-refractivity contribution is -0.944. The molecule has 4 nitrogen and oxygen atoms in total. The fourth-order valence-corrected chi connectivity index (χ4v) is 4.87. The quantitative estimate of drug-likeness (QED) is 0.556. The summed E-state index contributed by atoms with van der Waals surface area (Å²) < 4.78 is 47.5. The molecule has 0 amide bonds. The van der Waals surface area contributed by atoms with E-state index in [0.29, 0.717) is 12.6 Å². The van der Waals surface area contributed by atoms with Crippen molar-refractivity contribution in [2.75, 3.05) is 6.54 Å². The second-order valence-corrected chi connectivity index (χ2v) is 8.71. The Morgan fingerprint density at radius 2 is 2.00 bits per heavy atom. The van der Waals surface area contributed by atoms with Crippen molar-refractivity contribution >= 4 is 22.6 Å². The highest BCUT2D eigenvalue weighted by Gasteiger charge is 2.40. The Labute approximate surface area is 188 Å². The minimum atomic E-state index is -4.91. The average molecular weight is 467 g/mol. The molecule has 8 heteroatoms. The first-order chi connectivity index (χ1) is 15.2. The van der Waals surface area contributed by atoms with E-state index >= 15 is 0 Å². The molecule has 0 bridgehead atoms. The zero-order valence-electron chi connectivity index (χ0n) is 17.6. The van der Waals surface area contributed by atoms with Crippen molar-refractivity contribution in [3.05, 3.63) is 63.0 Å². The maximum Gasteiger partial charge on any atom is 0.450 e. The Balaban J connectivity index is 1.95. The third kappa shape index (κ3) is 4.24. The molecule has 170 valence electrons. The fraction of sp³-hybridized carbons (Fsp3) is 0.375. The molecule has 1 aliphatic heterocycles. The number of hydrogen-bond acceptors (Lipinski definition) is 3. The van der Waals surface area contributed by atoms with Crippen LogP contribution in [-0.4, -0.2) is 17.7 Å². The molecular weight excluding hydrogens is 443 g/mol. The monoisotopic (exact) mass is 466 g/mol. The summed E-state index contributed by atoms with van der Waals surface area (Å²) in [6.45, 7) is 3.22. The molecule has 1 saturated heterocycles. The molecule has 1 fully saturated rings. The normalized spacial score (nSPS) is 19.4. The van der Waals surface area contributed by atoms with Crippen LogP contribution in [0.3, 0.4) is 0 Å². The summed E-state index contributed by atoms with van der Waals surface area (Å²) in [7, 11) is 0. The van der Waals surface area contributed by atoms with Gasteiger partial charge in [-0.15, -0.1) is 0 Å². The second-order valence-electron chi connectivity index (χ2n) is 8.27. The van der Waals surface area contributed by atoms with Crippen LogP contribution < -0.4 is 10.3 Å². The Hall–Kier alpha value is -2.51. The number of aromatic hydroxyl groups is 1. The van der Waals surface area contributed by atoms with Gasteiger partial charge >= 0.3 is 6.18 Å². The summed E-state index contributed by atoms with van der Waals surface area (Å²) in [6.07, 6.45) is -0.836. The smallest absolute Gasteiger partial charge is 0.450 e. The van der Waals surface area contributed by atoms with E-state index in [9.17, 15) is 23.1 Å². The van der Waals surface area contributed by atoms with Crippen LogP contribution >= 0.6 is 11.6 Å². The number of alkyl halides is 3. The zero-order chi connectivity index (χ0) is 23.0. The maximum absolute atomic E-state index is 14.0. The van der Waals surface area contributed by atoms with Gasteiger partial charge in [0.1, 0.15) is 12.3 Å². The van der Waals surface area contributed by atoms with E-state index in [2.05, 4.69) is 6.92 Å². The molecule has 0 aliphatic carbocycles. The lowest BCUT2D eigenvalue weighted by atomic mass is 9.97. The molecule has 32 heavy (non-hydrogen) atoms. The largest absolute Gasteiger partial charge is 0.507 e.